The Morgan fingerprint density at radius 3 is 3.08 bits per heavy atom. The maximum Gasteiger partial charge on any atom is 0.317 e. The summed E-state index contributed by atoms with van der Waals surface area (Å²) in [6, 6.07) is 8.68. The van der Waals surface area contributed by atoms with Gasteiger partial charge in [0, 0.05) is 38.3 Å². The molecule has 1 aliphatic heterocycles. The molecule has 25 heavy (non-hydrogen) atoms. The monoisotopic (exact) mass is 339 g/mol. The Hall–Kier alpha value is -2.37. The Morgan fingerprint density at radius 1 is 1.28 bits per heavy atom. The number of fused-ring (bicyclic) bond motifs is 1. The number of likely N-dealkylation sites (tertiary alicyclic amines) is 1. The Labute approximate surface area is 148 Å². The smallest absolute Gasteiger partial charge is 0.317 e. The zero-order valence-electron chi connectivity index (χ0n) is 14.5. The second kappa shape index (κ2) is 7.25. The van der Waals surface area contributed by atoms with Crippen molar-refractivity contribution >= 4 is 6.03 Å². The summed E-state index contributed by atoms with van der Waals surface area (Å²) in [6.45, 7) is 3.22. The minimum atomic E-state index is 0.0765. The van der Waals surface area contributed by atoms with Crippen LogP contribution in [0.5, 0.6) is 0 Å². The second-order valence-electron chi connectivity index (χ2n) is 7.20. The van der Waals surface area contributed by atoms with Crippen LogP contribution in [0.2, 0.25) is 0 Å². The van der Waals surface area contributed by atoms with Crippen molar-refractivity contribution in [3.05, 3.63) is 47.8 Å². The molecule has 0 saturated carbocycles. The summed E-state index contributed by atoms with van der Waals surface area (Å²) in [6.07, 6.45) is 8.04. The number of hydrogen-bond acceptors (Lipinski definition) is 3. The van der Waals surface area contributed by atoms with Crippen LogP contribution < -0.4 is 5.32 Å². The van der Waals surface area contributed by atoms with Crippen LogP contribution in [0, 0.1) is 5.92 Å². The van der Waals surface area contributed by atoms with Crippen molar-refractivity contribution < 1.29 is 4.79 Å². The number of aryl methyl sites for hydroxylation is 1. The van der Waals surface area contributed by atoms with Gasteiger partial charge in [0.25, 0.3) is 0 Å². The molecule has 0 unspecified atom stereocenters. The fourth-order valence-corrected chi connectivity index (χ4v) is 4.17. The molecule has 6 nitrogen and oxygen atoms in total. The third-order valence-corrected chi connectivity index (χ3v) is 5.48. The van der Waals surface area contributed by atoms with Crippen LogP contribution in [0.3, 0.4) is 0 Å². The van der Waals surface area contributed by atoms with Crippen molar-refractivity contribution in [3.63, 3.8) is 0 Å². The zero-order chi connectivity index (χ0) is 17.1. The first-order valence-electron chi connectivity index (χ1n) is 9.24. The lowest BCUT2D eigenvalue weighted by Gasteiger charge is -2.33. The summed E-state index contributed by atoms with van der Waals surface area (Å²) in [5.41, 5.74) is 2.85. The van der Waals surface area contributed by atoms with Gasteiger partial charge in [-0.25, -0.2) is 4.79 Å². The van der Waals surface area contributed by atoms with E-state index >= 15 is 0 Å². The number of aromatic nitrogens is 3. The Balaban J connectivity index is 1.29. The summed E-state index contributed by atoms with van der Waals surface area (Å²) < 4.78 is 1.86. The molecule has 1 saturated heterocycles. The number of nitrogens with one attached hydrogen (secondary N) is 1. The minimum absolute atomic E-state index is 0.0765. The molecule has 132 valence electrons. The third-order valence-electron chi connectivity index (χ3n) is 5.48. The van der Waals surface area contributed by atoms with Gasteiger partial charge in [-0.05, 0) is 42.7 Å². The SMILES string of the molecule is O=C(NC[C@@H]1CCc2ccccc21)N1CCC[C@H](Cn2ccnn2)C1. The molecular formula is C19H25N5O. The molecule has 0 radical (unpaired) electrons. The molecular weight excluding hydrogens is 314 g/mol. The van der Waals surface area contributed by atoms with Crippen molar-refractivity contribution in [3.8, 4) is 0 Å². The third kappa shape index (κ3) is 3.67. The van der Waals surface area contributed by atoms with E-state index in [9.17, 15) is 4.79 Å². The van der Waals surface area contributed by atoms with E-state index in [-0.39, 0.29) is 6.03 Å². The van der Waals surface area contributed by atoms with E-state index in [1.165, 1.54) is 11.1 Å². The summed E-state index contributed by atoms with van der Waals surface area (Å²) in [7, 11) is 0. The maximum atomic E-state index is 12.6. The minimum Gasteiger partial charge on any atom is -0.337 e. The molecule has 1 aromatic heterocycles. The number of piperidine rings is 1. The Kier molecular flexibility index (Phi) is 4.68. The maximum absolute atomic E-state index is 12.6. The van der Waals surface area contributed by atoms with E-state index < -0.39 is 0 Å². The first kappa shape index (κ1) is 16.1. The van der Waals surface area contributed by atoms with Crippen LogP contribution in [0.25, 0.3) is 0 Å². The van der Waals surface area contributed by atoms with Crippen molar-refractivity contribution in [2.24, 2.45) is 5.92 Å². The Morgan fingerprint density at radius 2 is 2.20 bits per heavy atom. The van der Waals surface area contributed by atoms with E-state index in [1.54, 1.807) is 6.20 Å². The molecule has 6 heteroatoms. The number of hydrogen-bond donors (Lipinski definition) is 1. The van der Waals surface area contributed by atoms with E-state index in [1.807, 2.05) is 15.8 Å². The number of amides is 2. The van der Waals surface area contributed by atoms with Crippen LogP contribution in [0.1, 0.15) is 36.3 Å². The molecule has 4 rings (SSSR count). The fourth-order valence-electron chi connectivity index (χ4n) is 4.17. The molecule has 2 atom stereocenters. The summed E-state index contributed by atoms with van der Waals surface area (Å²) in [5, 5.41) is 11.1. The van der Waals surface area contributed by atoms with Gasteiger partial charge in [-0.2, -0.15) is 0 Å². The summed E-state index contributed by atoms with van der Waals surface area (Å²) >= 11 is 0. The molecule has 2 amide bonds. The van der Waals surface area contributed by atoms with Crippen molar-refractivity contribution in [1.82, 2.24) is 25.2 Å². The van der Waals surface area contributed by atoms with E-state index in [2.05, 4.69) is 39.9 Å². The quantitative estimate of drug-likeness (QED) is 0.930. The number of rotatable bonds is 4. The predicted molar refractivity (Wildman–Crippen MR) is 95.2 cm³/mol. The highest BCUT2D eigenvalue weighted by Gasteiger charge is 2.26. The van der Waals surface area contributed by atoms with E-state index in [0.29, 0.717) is 11.8 Å². The number of carbonyl (C=O) groups is 1. The summed E-state index contributed by atoms with van der Waals surface area (Å²) in [5.74, 6) is 0.907. The molecule has 0 spiro atoms. The predicted octanol–water partition coefficient (Wildman–Crippen LogP) is 2.43. The molecule has 2 aromatic rings. The lowest BCUT2D eigenvalue weighted by molar-refractivity contribution is 0.157. The average molecular weight is 339 g/mol. The highest BCUT2D eigenvalue weighted by molar-refractivity contribution is 5.74. The molecule has 1 N–H and O–H groups in total. The highest BCUT2D eigenvalue weighted by atomic mass is 16.2. The molecule has 1 aliphatic carbocycles. The van der Waals surface area contributed by atoms with Gasteiger partial charge in [-0.3, -0.25) is 4.68 Å². The summed E-state index contributed by atoms with van der Waals surface area (Å²) in [4.78, 5) is 14.6. The molecule has 1 fully saturated rings. The zero-order valence-corrected chi connectivity index (χ0v) is 14.5. The van der Waals surface area contributed by atoms with Crippen molar-refractivity contribution in [1.29, 1.82) is 0 Å². The van der Waals surface area contributed by atoms with Crippen LogP contribution in [0.4, 0.5) is 4.79 Å². The molecule has 2 aliphatic rings. The van der Waals surface area contributed by atoms with Crippen molar-refractivity contribution in [2.75, 3.05) is 19.6 Å². The largest absolute Gasteiger partial charge is 0.337 e. The lowest BCUT2D eigenvalue weighted by atomic mass is 9.98. The second-order valence-corrected chi connectivity index (χ2v) is 7.20. The Bertz CT molecular complexity index is 714. The van der Waals surface area contributed by atoms with E-state index in [0.717, 1.165) is 51.9 Å². The van der Waals surface area contributed by atoms with Crippen LogP contribution in [-0.4, -0.2) is 45.6 Å². The number of benzene rings is 1. The van der Waals surface area contributed by atoms with Gasteiger partial charge in [-0.1, -0.05) is 29.5 Å². The molecule has 0 bridgehead atoms. The first-order valence-corrected chi connectivity index (χ1v) is 9.24. The van der Waals surface area contributed by atoms with Gasteiger partial charge >= 0.3 is 6.03 Å². The topological polar surface area (TPSA) is 63.1 Å². The number of urea groups is 1. The number of carbonyl (C=O) groups excluding carboxylic acids is 1. The lowest BCUT2D eigenvalue weighted by Crippen LogP contribution is -2.47. The standard InChI is InChI=1S/C19H25N5O/c25-19(20-12-17-8-7-16-5-1-2-6-18(16)17)23-10-3-4-15(13-23)14-24-11-9-21-22-24/h1-2,5-6,9,11,15,17H,3-4,7-8,10,12-14H2,(H,20,25)/t15-,17-/m0/s1. The van der Waals surface area contributed by atoms with Crippen LogP contribution in [0.15, 0.2) is 36.7 Å². The molecule has 1 aromatic carbocycles. The number of nitrogens with zero attached hydrogens (tertiary/aromatic N) is 4. The van der Waals surface area contributed by atoms with E-state index in [4.69, 9.17) is 0 Å². The van der Waals surface area contributed by atoms with Gasteiger partial charge in [0.2, 0.25) is 0 Å². The van der Waals surface area contributed by atoms with Gasteiger partial charge < -0.3 is 10.2 Å². The van der Waals surface area contributed by atoms with Crippen LogP contribution in [-0.2, 0) is 13.0 Å². The first-order chi connectivity index (χ1) is 12.3. The highest BCUT2D eigenvalue weighted by Crippen LogP contribution is 2.32. The van der Waals surface area contributed by atoms with Crippen LogP contribution >= 0.6 is 0 Å². The van der Waals surface area contributed by atoms with Gasteiger partial charge in [0.15, 0.2) is 0 Å². The van der Waals surface area contributed by atoms with Crippen molar-refractivity contribution in [2.45, 2.75) is 38.1 Å². The fraction of sp³-hybridized carbons (Fsp3) is 0.526. The average Bonchev–Trinajstić information content (AvgIpc) is 3.30. The van der Waals surface area contributed by atoms with Gasteiger partial charge in [0.1, 0.15) is 0 Å². The normalized spacial score (nSPS) is 22.6. The van der Waals surface area contributed by atoms with Gasteiger partial charge in [0.05, 0.1) is 6.20 Å². The molecule has 2 heterocycles. The van der Waals surface area contributed by atoms with Gasteiger partial charge in [-0.15, -0.1) is 5.10 Å².